The zero-order valence-corrected chi connectivity index (χ0v) is 13.5. The van der Waals surface area contributed by atoms with Gasteiger partial charge in [0.2, 0.25) is 0 Å². The molecule has 0 aromatic carbocycles. The van der Waals surface area contributed by atoms with Crippen LogP contribution < -0.4 is 0 Å². The van der Waals surface area contributed by atoms with Crippen LogP contribution in [0.1, 0.15) is 52.9 Å². The van der Waals surface area contributed by atoms with E-state index in [4.69, 9.17) is 0 Å². The summed E-state index contributed by atoms with van der Waals surface area (Å²) >= 11 is 0. The van der Waals surface area contributed by atoms with Gasteiger partial charge in [-0.25, -0.2) is 4.79 Å². The first-order valence-corrected chi connectivity index (χ1v) is 8.01. The second-order valence-electron chi connectivity index (χ2n) is 7.68. The van der Waals surface area contributed by atoms with E-state index >= 15 is 0 Å². The van der Waals surface area contributed by atoms with Crippen molar-refractivity contribution in [3.8, 4) is 0 Å². The van der Waals surface area contributed by atoms with E-state index in [1.807, 2.05) is 4.90 Å². The number of amides is 2. The molecule has 0 aliphatic carbocycles. The number of hydrogen-bond acceptors (Lipinski definition) is 2. The van der Waals surface area contributed by atoms with Crippen molar-refractivity contribution in [1.82, 2.24) is 9.80 Å². The van der Waals surface area contributed by atoms with Gasteiger partial charge in [-0.2, -0.15) is 0 Å². The number of piperidine rings is 1. The molecule has 1 atom stereocenters. The summed E-state index contributed by atoms with van der Waals surface area (Å²) in [5.41, 5.74) is -0.495. The second-order valence-corrected chi connectivity index (χ2v) is 7.68. The van der Waals surface area contributed by atoms with Crippen molar-refractivity contribution in [2.45, 2.75) is 52.9 Å². The highest BCUT2D eigenvalue weighted by atomic mass is 16.4. The number of aliphatic carboxylic acids is 1. The van der Waals surface area contributed by atoms with E-state index in [1.165, 1.54) is 0 Å². The van der Waals surface area contributed by atoms with Crippen LogP contribution in [0.2, 0.25) is 0 Å². The minimum Gasteiger partial charge on any atom is -0.481 e. The van der Waals surface area contributed by atoms with Gasteiger partial charge in [0, 0.05) is 26.2 Å². The van der Waals surface area contributed by atoms with Crippen molar-refractivity contribution in [1.29, 1.82) is 0 Å². The average molecular weight is 296 g/mol. The number of carbonyl (C=O) groups is 2. The maximum absolute atomic E-state index is 12.7. The number of urea groups is 1. The maximum Gasteiger partial charge on any atom is 0.320 e. The summed E-state index contributed by atoms with van der Waals surface area (Å²) in [5.74, 6) is -0.794. The molecule has 2 fully saturated rings. The summed E-state index contributed by atoms with van der Waals surface area (Å²) < 4.78 is 0. The van der Waals surface area contributed by atoms with Crippen molar-refractivity contribution in [3.63, 3.8) is 0 Å². The van der Waals surface area contributed by atoms with Crippen LogP contribution >= 0.6 is 0 Å². The number of carboxylic acids is 1. The Hall–Kier alpha value is -1.26. The van der Waals surface area contributed by atoms with Crippen molar-refractivity contribution in [3.05, 3.63) is 0 Å². The van der Waals surface area contributed by atoms with Crippen molar-refractivity contribution in [2.75, 3.05) is 26.2 Å². The third-order valence-corrected chi connectivity index (χ3v) is 5.09. The van der Waals surface area contributed by atoms with Crippen LogP contribution in [0.3, 0.4) is 0 Å². The molecule has 5 heteroatoms. The van der Waals surface area contributed by atoms with Gasteiger partial charge in [0.05, 0.1) is 5.41 Å². The highest BCUT2D eigenvalue weighted by Gasteiger charge is 2.40. The molecule has 0 aromatic heterocycles. The van der Waals surface area contributed by atoms with Gasteiger partial charge in [-0.3, -0.25) is 4.79 Å². The highest BCUT2D eigenvalue weighted by Crippen LogP contribution is 2.32. The van der Waals surface area contributed by atoms with E-state index in [2.05, 4.69) is 13.8 Å². The largest absolute Gasteiger partial charge is 0.481 e. The minimum atomic E-state index is -0.794. The van der Waals surface area contributed by atoms with E-state index in [-0.39, 0.29) is 6.03 Å². The Bertz CT molecular complexity index is 422. The first-order chi connectivity index (χ1) is 9.73. The topological polar surface area (TPSA) is 60.9 Å². The quantitative estimate of drug-likeness (QED) is 0.809. The predicted molar refractivity (Wildman–Crippen MR) is 81.2 cm³/mol. The molecule has 1 N–H and O–H groups in total. The number of rotatable bonds is 1. The molecule has 2 aliphatic rings. The molecular weight excluding hydrogens is 268 g/mol. The summed E-state index contributed by atoms with van der Waals surface area (Å²) in [4.78, 5) is 27.8. The van der Waals surface area contributed by atoms with Crippen LogP contribution in [0, 0.1) is 10.8 Å². The molecule has 0 spiro atoms. The summed E-state index contributed by atoms with van der Waals surface area (Å²) in [6.45, 7) is 8.85. The molecule has 5 nitrogen and oxygen atoms in total. The molecule has 0 radical (unpaired) electrons. The SMILES string of the molecule is CC1(C)CCCN(C(=O)N2CCCC(C)(C(=O)O)C2)CC1. The zero-order chi connectivity index (χ0) is 15.7. The Morgan fingerprint density at radius 3 is 2.19 bits per heavy atom. The third-order valence-electron chi connectivity index (χ3n) is 5.09. The van der Waals surface area contributed by atoms with Crippen molar-refractivity contribution in [2.24, 2.45) is 10.8 Å². The number of hydrogen-bond donors (Lipinski definition) is 1. The van der Waals surface area contributed by atoms with Gasteiger partial charge >= 0.3 is 12.0 Å². The summed E-state index contributed by atoms with van der Waals surface area (Å²) in [7, 11) is 0. The van der Waals surface area contributed by atoms with Crippen LogP contribution in [0.15, 0.2) is 0 Å². The van der Waals surface area contributed by atoms with Gasteiger partial charge in [-0.1, -0.05) is 13.8 Å². The smallest absolute Gasteiger partial charge is 0.320 e. The monoisotopic (exact) mass is 296 g/mol. The average Bonchev–Trinajstić information content (AvgIpc) is 2.59. The van der Waals surface area contributed by atoms with Gasteiger partial charge < -0.3 is 14.9 Å². The fourth-order valence-electron chi connectivity index (χ4n) is 3.39. The molecule has 2 heterocycles. The van der Waals surface area contributed by atoms with E-state index in [0.29, 0.717) is 24.9 Å². The lowest BCUT2D eigenvalue weighted by Gasteiger charge is -2.39. The van der Waals surface area contributed by atoms with Crippen molar-refractivity contribution >= 4 is 12.0 Å². The third kappa shape index (κ3) is 3.69. The zero-order valence-electron chi connectivity index (χ0n) is 13.5. The Balaban J connectivity index is 2.01. The van der Waals surface area contributed by atoms with Gasteiger partial charge in [0.25, 0.3) is 0 Å². The van der Waals surface area contributed by atoms with Crippen LogP contribution in [0.4, 0.5) is 4.79 Å². The number of carboxylic acid groups (broad SMARTS) is 1. The molecular formula is C16H28N2O3. The molecule has 1 unspecified atom stereocenters. The summed E-state index contributed by atoms with van der Waals surface area (Å²) in [6, 6.07) is 0.0277. The Morgan fingerprint density at radius 2 is 1.52 bits per heavy atom. The van der Waals surface area contributed by atoms with Gasteiger partial charge in [0.1, 0.15) is 0 Å². The van der Waals surface area contributed by atoms with E-state index in [9.17, 15) is 14.7 Å². The molecule has 2 saturated heterocycles. The predicted octanol–water partition coefficient (Wildman–Crippen LogP) is 2.81. The van der Waals surface area contributed by atoms with Crippen molar-refractivity contribution < 1.29 is 14.7 Å². The van der Waals surface area contributed by atoms with Crippen LogP contribution in [-0.4, -0.2) is 53.1 Å². The Morgan fingerprint density at radius 1 is 0.905 bits per heavy atom. The minimum absolute atomic E-state index is 0.0277. The summed E-state index contributed by atoms with van der Waals surface area (Å²) in [5, 5.41) is 9.37. The number of carbonyl (C=O) groups excluding carboxylic acids is 1. The molecule has 0 saturated carbocycles. The van der Waals surface area contributed by atoms with Gasteiger partial charge in [-0.15, -0.1) is 0 Å². The molecule has 2 rings (SSSR count). The molecule has 120 valence electrons. The van der Waals surface area contributed by atoms with E-state index in [1.54, 1.807) is 11.8 Å². The fourth-order valence-corrected chi connectivity index (χ4v) is 3.39. The van der Waals surface area contributed by atoms with Crippen LogP contribution in [0.5, 0.6) is 0 Å². The van der Waals surface area contributed by atoms with E-state index in [0.717, 1.165) is 38.8 Å². The highest BCUT2D eigenvalue weighted by molar-refractivity contribution is 5.78. The second kappa shape index (κ2) is 5.85. The van der Waals surface area contributed by atoms with Crippen LogP contribution in [-0.2, 0) is 4.79 Å². The first-order valence-electron chi connectivity index (χ1n) is 8.01. The molecule has 0 aromatic rings. The normalized spacial score (nSPS) is 29.9. The molecule has 2 amide bonds. The summed E-state index contributed by atoms with van der Waals surface area (Å²) in [6.07, 6.45) is 4.61. The van der Waals surface area contributed by atoms with Gasteiger partial charge in [0.15, 0.2) is 0 Å². The first kappa shape index (κ1) is 16.1. The number of nitrogens with zero attached hydrogens (tertiary/aromatic N) is 2. The molecule has 0 bridgehead atoms. The molecule has 21 heavy (non-hydrogen) atoms. The lowest BCUT2D eigenvalue weighted by Crippen LogP contribution is -2.52. The lowest BCUT2D eigenvalue weighted by atomic mass is 9.82. The Labute approximate surface area is 127 Å². The van der Waals surface area contributed by atoms with E-state index < -0.39 is 11.4 Å². The van der Waals surface area contributed by atoms with Crippen LogP contribution in [0.25, 0.3) is 0 Å². The van der Waals surface area contributed by atoms with Gasteiger partial charge in [-0.05, 0) is 44.4 Å². The fraction of sp³-hybridized carbons (Fsp3) is 0.875. The Kier molecular flexibility index (Phi) is 4.49. The molecule has 2 aliphatic heterocycles. The maximum atomic E-state index is 12.7. The standard InChI is InChI=1S/C16H28N2O3/c1-15(2)6-4-9-17(11-8-15)14(21)18-10-5-7-16(3,12-18)13(19)20/h4-12H2,1-3H3,(H,19,20). The lowest BCUT2D eigenvalue weighted by molar-refractivity contribution is -0.150. The number of likely N-dealkylation sites (tertiary alicyclic amines) is 2.